The molecule has 1 aliphatic rings. The SMILES string of the molecule is COc1ccc(C)cc1C(C)NC(=O)NCc1nnc2n1-c1ccccc1CC2. The molecule has 1 aliphatic heterocycles. The largest absolute Gasteiger partial charge is 0.496 e. The molecule has 0 fully saturated rings. The Morgan fingerprint density at radius 3 is 2.86 bits per heavy atom. The average Bonchev–Trinajstić information content (AvgIpc) is 3.16. The molecular formula is C22H25N5O2. The van der Waals surface area contributed by atoms with E-state index >= 15 is 0 Å². The highest BCUT2D eigenvalue weighted by molar-refractivity contribution is 5.74. The molecule has 3 aromatic rings. The molecule has 2 heterocycles. The molecule has 0 saturated heterocycles. The fourth-order valence-corrected chi connectivity index (χ4v) is 3.77. The summed E-state index contributed by atoms with van der Waals surface area (Å²) in [6.07, 6.45) is 1.80. The highest BCUT2D eigenvalue weighted by atomic mass is 16.5. The maximum Gasteiger partial charge on any atom is 0.315 e. The number of ether oxygens (including phenoxy) is 1. The predicted molar refractivity (Wildman–Crippen MR) is 110 cm³/mol. The number of carbonyl (C=O) groups excluding carboxylic acids is 1. The van der Waals surface area contributed by atoms with Crippen LogP contribution in [-0.4, -0.2) is 27.9 Å². The highest BCUT2D eigenvalue weighted by Crippen LogP contribution is 2.26. The molecule has 7 nitrogen and oxygen atoms in total. The smallest absolute Gasteiger partial charge is 0.315 e. The predicted octanol–water partition coefficient (Wildman–Crippen LogP) is 3.24. The van der Waals surface area contributed by atoms with Crippen LogP contribution in [0.2, 0.25) is 0 Å². The number of hydrogen-bond donors (Lipinski definition) is 2. The summed E-state index contributed by atoms with van der Waals surface area (Å²) in [6, 6.07) is 13.7. The zero-order valence-corrected chi connectivity index (χ0v) is 16.9. The molecule has 1 unspecified atom stereocenters. The lowest BCUT2D eigenvalue weighted by atomic mass is 10.0. The molecule has 1 aromatic heterocycles. The van der Waals surface area contributed by atoms with E-state index in [1.807, 2.05) is 48.7 Å². The average molecular weight is 391 g/mol. The van der Waals surface area contributed by atoms with E-state index in [1.54, 1.807) is 7.11 Å². The van der Waals surface area contributed by atoms with E-state index in [-0.39, 0.29) is 12.1 Å². The molecule has 2 amide bonds. The van der Waals surface area contributed by atoms with Crippen molar-refractivity contribution in [3.05, 3.63) is 70.8 Å². The standard InChI is InChI=1S/C22H25N5O2/c1-14-8-10-19(29-3)17(12-14)15(2)24-22(28)23-13-21-26-25-20-11-9-16-6-4-5-7-18(16)27(20)21/h4-8,10,12,15H,9,11,13H2,1-3H3,(H2,23,24,28). The van der Waals surface area contributed by atoms with Crippen LogP contribution in [0.5, 0.6) is 5.75 Å². The summed E-state index contributed by atoms with van der Waals surface area (Å²) >= 11 is 0. The number of fused-ring (bicyclic) bond motifs is 3. The molecule has 0 bridgehead atoms. The minimum atomic E-state index is -0.262. The molecule has 29 heavy (non-hydrogen) atoms. The number of methoxy groups -OCH3 is 1. The van der Waals surface area contributed by atoms with Crippen LogP contribution >= 0.6 is 0 Å². The number of hydrogen-bond acceptors (Lipinski definition) is 4. The van der Waals surface area contributed by atoms with Crippen molar-refractivity contribution >= 4 is 6.03 Å². The number of aryl methyl sites for hydroxylation is 3. The van der Waals surface area contributed by atoms with Crippen molar-refractivity contribution < 1.29 is 9.53 Å². The van der Waals surface area contributed by atoms with Crippen LogP contribution in [0, 0.1) is 6.92 Å². The number of benzene rings is 2. The summed E-state index contributed by atoms with van der Waals surface area (Å²) in [7, 11) is 1.63. The van der Waals surface area contributed by atoms with E-state index in [1.165, 1.54) is 5.56 Å². The van der Waals surface area contributed by atoms with Gasteiger partial charge >= 0.3 is 6.03 Å². The Kier molecular flexibility index (Phi) is 5.20. The second-order valence-electron chi connectivity index (χ2n) is 7.29. The van der Waals surface area contributed by atoms with Gasteiger partial charge in [0.15, 0.2) is 5.82 Å². The minimum Gasteiger partial charge on any atom is -0.496 e. The zero-order valence-electron chi connectivity index (χ0n) is 16.9. The third-order valence-corrected chi connectivity index (χ3v) is 5.25. The first-order chi connectivity index (χ1) is 14.1. The Morgan fingerprint density at radius 1 is 1.21 bits per heavy atom. The first-order valence-corrected chi connectivity index (χ1v) is 9.77. The summed E-state index contributed by atoms with van der Waals surface area (Å²) < 4.78 is 7.47. The van der Waals surface area contributed by atoms with E-state index in [4.69, 9.17) is 4.74 Å². The van der Waals surface area contributed by atoms with Gasteiger partial charge in [0.2, 0.25) is 0 Å². The van der Waals surface area contributed by atoms with Gasteiger partial charge in [-0.1, -0.05) is 35.9 Å². The van der Waals surface area contributed by atoms with Crippen LogP contribution in [0.3, 0.4) is 0 Å². The third-order valence-electron chi connectivity index (χ3n) is 5.25. The molecule has 0 spiro atoms. The van der Waals surface area contributed by atoms with Crippen molar-refractivity contribution in [3.8, 4) is 11.4 Å². The normalized spacial score (nSPS) is 13.2. The second-order valence-corrected chi connectivity index (χ2v) is 7.29. The Labute approximate surface area is 170 Å². The molecule has 4 rings (SSSR count). The molecule has 0 aliphatic carbocycles. The van der Waals surface area contributed by atoms with Gasteiger partial charge in [0.05, 0.1) is 25.4 Å². The van der Waals surface area contributed by atoms with Crippen LogP contribution < -0.4 is 15.4 Å². The summed E-state index contributed by atoms with van der Waals surface area (Å²) in [4.78, 5) is 12.5. The monoisotopic (exact) mass is 391 g/mol. The lowest BCUT2D eigenvalue weighted by molar-refractivity contribution is 0.237. The number of para-hydroxylation sites is 1. The Morgan fingerprint density at radius 2 is 2.03 bits per heavy atom. The van der Waals surface area contributed by atoms with Crippen LogP contribution in [-0.2, 0) is 19.4 Å². The van der Waals surface area contributed by atoms with Gasteiger partial charge < -0.3 is 15.4 Å². The van der Waals surface area contributed by atoms with Crippen LogP contribution in [0.25, 0.3) is 5.69 Å². The van der Waals surface area contributed by atoms with Gasteiger partial charge in [-0.05, 0) is 38.0 Å². The first kappa shape index (κ1) is 19.0. The molecule has 7 heteroatoms. The van der Waals surface area contributed by atoms with E-state index in [2.05, 4.69) is 33.0 Å². The van der Waals surface area contributed by atoms with Crippen molar-refractivity contribution in [3.63, 3.8) is 0 Å². The van der Waals surface area contributed by atoms with E-state index in [9.17, 15) is 4.79 Å². The minimum absolute atomic E-state index is 0.196. The van der Waals surface area contributed by atoms with Crippen molar-refractivity contribution in [2.75, 3.05) is 7.11 Å². The first-order valence-electron chi connectivity index (χ1n) is 9.77. The number of urea groups is 1. The fraction of sp³-hybridized carbons (Fsp3) is 0.318. The van der Waals surface area contributed by atoms with E-state index in [0.717, 1.165) is 47.1 Å². The number of carbonyl (C=O) groups is 1. The van der Waals surface area contributed by atoms with Crippen molar-refractivity contribution in [1.82, 2.24) is 25.4 Å². The van der Waals surface area contributed by atoms with Gasteiger partial charge in [0.1, 0.15) is 11.6 Å². The van der Waals surface area contributed by atoms with E-state index < -0.39 is 0 Å². The molecule has 1 atom stereocenters. The molecule has 2 N–H and O–H groups in total. The van der Waals surface area contributed by atoms with Gasteiger partial charge in [-0.25, -0.2) is 4.79 Å². The Bertz CT molecular complexity index is 1040. The zero-order chi connectivity index (χ0) is 20.4. The summed E-state index contributed by atoms with van der Waals surface area (Å²) in [5.74, 6) is 2.41. The summed E-state index contributed by atoms with van der Waals surface area (Å²) in [5.41, 5.74) is 4.42. The fourth-order valence-electron chi connectivity index (χ4n) is 3.77. The maximum absolute atomic E-state index is 12.5. The van der Waals surface area contributed by atoms with Crippen LogP contribution in [0.4, 0.5) is 4.79 Å². The van der Waals surface area contributed by atoms with E-state index in [0.29, 0.717) is 6.54 Å². The second kappa shape index (κ2) is 7.95. The van der Waals surface area contributed by atoms with Gasteiger partial charge in [-0.15, -0.1) is 10.2 Å². The number of nitrogens with zero attached hydrogens (tertiary/aromatic N) is 3. The molecule has 0 saturated carbocycles. The van der Waals surface area contributed by atoms with Crippen molar-refractivity contribution in [2.24, 2.45) is 0 Å². The molecule has 0 radical (unpaired) electrons. The number of nitrogens with one attached hydrogen (secondary N) is 2. The van der Waals surface area contributed by atoms with Crippen molar-refractivity contribution in [2.45, 2.75) is 39.3 Å². The Balaban J connectivity index is 1.44. The van der Waals surface area contributed by atoms with Crippen molar-refractivity contribution in [1.29, 1.82) is 0 Å². The molecule has 150 valence electrons. The number of aromatic nitrogens is 3. The summed E-state index contributed by atoms with van der Waals surface area (Å²) in [5, 5.41) is 14.5. The Hall–Kier alpha value is -3.35. The summed E-state index contributed by atoms with van der Waals surface area (Å²) in [6.45, 7) is 4.25. The topological polar surface area (TPSA) is 81.1 Å². The maximum atomic E-state index is 12.5. The molecule has 2 aromatic carbocycles. The third kappa shape index (κ3) is 3.81. The van der Waals surface area contributed by atoms with Gasteiger partial charge in [0, 0.05) is 12.0 Å². The molecular weight excluding hydrogens is 366 g/mol. The lowest BCUT2D eigenvalue weighted by Gasteiger charge is -2.20. The van der Waals surface area contributed by atoms with Gasteiger partial charge in [0.25, 0.3) is 0 Å². The van der Waals surface area contributed by atoms with Crippen LogP contribution in [0.1, 0.15) is 41.3 Å². The number of amides is 2. The van der Waals surface area contributed by atoms with Gasteiger partial charge in [-0.2, -0.15) is 0 Å². The highest BCUT2D eigenvalue weighted by Gasteiger charge is 2.21. The van der Waals surface area contributed by atoms with Gasteiger partial charge in [-0.3, -0.25) is 4.57 Å². The lowest BCUT2D eigenvalue weighted by Crippen LogP contribution is -2.37. The quantitative estimate of drug-likeness (QED) is 0.700. The van der Waals surface area contributed by atoms with Crippen LogP contribution in [0.15, 0.2) is 42.5 Å². The number of rotatable bonds is 5.